The van der Waals surface area contributed by atoms with Crippen LogP contribution in [0.15, 0.2) is 17.3 Å². The van der Waals surface area contributed by atoms with Crippen LogP contribution in [0.25, 0.3) is 0 Å². The summed E-state index contributed by atoms with van der Waals surface area (Å²) in [6.45, 7) is 5.88. The molecule has 8 heteroatoms. The highest BCUT2D eigenvalue weighted by molar-refractivity contribution is 7.89. The molecule has 0 spiro atoms. The zero-order valence-corrected chi connectivity index (χ0v) is 13.8. The maximum Gasteiger partial charge on any atom is 0.246 e. The van der Waals surface area contributed by atoms with Crippen LogP contribution in [0.4, 0.5) is 0 Å². The average molecular weight is 328 g/mol. The van der Waals surface area contributed by atoms with Crippen LogP contribution in [-0.4, -0.2) is 73.3 Å². The minimum atomic E-state index is -3.38. The first-order valence-electron chi connectivity index (χ1n) is 7.84. The third-order valence-corrected chi connectivity index (χ3v) is 6.36. The van der Waals surface area contributed by atoms with Gasteiger partial charge < -0.3 is 4.74 Å². The highest BCUT2D eigenvalue weighted by Crippen LogP contribution is 2.24. The van der Waals surface area contributed by atoms with Gasteiger partial charge >= 0.3 is 0 Å². The molecule has 0 amide bonds. The van der Waals surface area contributed by atoms with Gasteiger partial charge in [0.25, 0.3) is 0 Å². The molecule has 2 saturated heterocycles. The van der Waals surface area contributed by atoms with Crippen molar-refractivity contribution in [3.63, 3.8) is 0 Å². The Labute approximate surface area is 131 Å². The molecule has 2 aliphatic rings. The lowest BCUT2D eigenvalue weighted by Crippen LogP contribution is -2.44. The molecule has 22 heavy (non-hydrogen) atoms. The van der Waals surface area contributed by atoms with Gasteiger partial charge in [0.2, 0.25) is 10.0 Å². The average Bonchev–Trinajstić information content (AvgIpc) is 2.96. The molecule has 0 aliphatic carbocycles. The number of sulfonamides is 1. The first-order chi connectivity index (χ1) is 10.6. The molecular formula is C14H24N4O3S. The Morgan fingerprint density at radius 2 is 1.91 bits per heavy atom. The third-order valence-electron chi connectivity index (χ3n) is 4.51. The highest BCUT2D eigenvalue weighted by atomic mass is 32.2. The molecule has 1 aromatic heterocycles. The minimum Gasteiger partial charge on any atom is -0.379 e. The summed E-state index contributed by atoms with van der Waals surface area (Å²) in [7, 11) is -1.65. The fourth-order valence-corrected chi connectivity index (χ4v) is 4.62. The van der Waals surface area contributed by atoms with E-state index in [0.29, 0.717) is 23.9 Å². The second-order valence-corrected chi connectivity index (χ2v) is 8.05. The van der Waals surface area contributed by atoms with Crippen molar-refractivity contribution in [3.8, 4) is 0 Å². The van der Waals surface area contributed by atoms with E-state index in [1.807, 2.05) is 0 Å². The normalized spacial score (nSPS) is 23.0. The zero-order chi connectivity index (χ0) is 15.6. The third kappa shape index (κ3) is 3.51. The summed E-state index contributed by atoms with van der Waals surface area (Å²) in [6.07, 6.45) is 4.85. The van der Waals surface area contributed by atoms with Gasteiger partial charge in [-0.2, -0.15) is 9.40 Å². The number of piperidine rings is 1. The maximum atomic E-state index is 12.5. The fourth-order valence-electron chi connectivity index (χ4n) is 3.16. The predicted molar refractivity (Wildman–Crippen MR) is 81.9 cm³/mol. The van der Waals surface area contributed by atoms with Crippen LogP contribution in [0.2, 0.25) is 0 Å². The molecule has 0 aromatic carbocycles. The summed E-state index contributed by atoms with van der Waals surface area (Å²) in [5.41, 5.74) is 0. The summed E-state index contributed by atoms with van der Waals surface area (Å²) < 4.78 is 33.6. The Kier molecular flexibility index (Phi) is 4.82. The number of rotatable bonds is 4. The van der Waals surface area contributed by atoms with E-state index in [2.05, 4.69) is 10.00 Å². The fraction of sp³-hybridized carbons (Fsp3) is 0.786. The summed E-state index contributed by atoms with van der Waals surface area (Å²) in [6, 6.07) is 0. The van der Waals surface area contributed by atoms with Crippen molar-refractivity contribution < 1.29 is 13.2 Å². The smallest absolute Gasteiger partial charge is 0.246 e. The van der Waals surface area contributed by atoms with Gasteiger partial charge in [0.15, 0.2) is 0 Å². The van der Waals surface area contributed by atoms with Crippen LogP contribution in [0.1, 0.15) is 12.8 Å². The van der Waals surface area contributed by atoms with Crippen LogP contribution in [-0.2, 0) is 21.8 Å². The monoisotopic (exact) mass is 328 g/mol. The van der Waals surface area contributed by atoms with Crippen molar-refractivity contribution in [2.24, 2.45) is 13.0 Å². The SMILES string of the molecule is Cn1cc(S(=O)(=O)N2CCC(CN3CCOCC3)CC2)cn1. The highest BCUT2D eigenvalue weighted by Gasteiger charge is 2.31. The van der Waals surface area contributed by atoms with Crippen LogP contribution in [0, 0.1) is 5.92 Å². The number of morpholine rings is 1. The molecule has 2 fully saturated rings. The molecule has 3 rings (SSSR count). The molecule has 3 heterocycles. The lowest BCUT2D eigenvalue weighted by atomic mass is 9.97. The van der Waals surface area contributed by atoms with Crippen LogP contribution < -0.4 is 0 Å². The number of hydrogen-bond donors (Lipinski definition) is 0. The quantitative estimate of drug-likeness (QED) is 0.787. The van der Waals surface area contributed by atoms with Gasteiger partial charge in [0, 0.05) is 46.0 Å². The molecule has 0 bridgehead atoms. The summed E-state index contributed by atoms with van der Waals surface area (Å²) in [5, 5.41) is 3.96. The standard InChI is InChI=1S/C14H24N4O3S/c1-16-12-14(10-15-16)22(19,20)18-4-2-13(3-5-18)11-17-6-8-21-9-7-17/h10,12-13H,2-9,11H2,1H3. The minimum absolute atomic E-state index is 0.293. The van der Waals surface area contributed by atoms with Crippen LogP contribution in [0.5, 0.6) is 0 Å². The Morgan fingerprint density at radius 1 is 1.23 bits per heavy atom. The first kappa shape index (κ1) is 15.9. The molecule has 7 nitrogen and oxygen atoms in total. The van der Waals surface area contributed by atoms with Gasteiger partial charge in [-0.1, -0.05) is 0 Å². The zero-order valence-electron chi connectivity index (χ0n) is 13.0. The van der Waals surface area contributed by atoms with E-state index in [0.717, 1.165) is 45.7 Å². The molecule has 0 unspecified atom stereocenters. The molecule has 2 aliphatic heterocycles. The van der Waals surface area contributed by atoms with Crippen molar-refractivity contribution >= 4 is 10.0 Å². The number of ether oxygens (including phenoxy) is 1. The topological polar surface area (TPSA) is 67.7 Å². The van der Waals surface area contributed by atoms with Crippen LogP contribution >= 0.6 is 0 Å². The lowest BCUT2D eigenvalue weighted by molar-refractivity contribution is 0.0269. The van der Waals surface area contributed by atoms with Gasteiger partial charge in [0.05, 0.1) is 19.4 Å². The van der Waals surface area contributed by atoms with Crippen molar-refractivity contribution in [2.45, 2.75) is 17.7 Å². The van der Waals surface area contributed by atoms with Gasteiger partial charge in [-0.25, -0.2) is 8.42 Å². The van der Waals surface area contributed by atoms with Crippen molar-refractivity contribution in [1.29, 1.82) is 0 Å². The molecular weight excluding hydrogens is 304 g/mol. The number of aromatic nitrogens is 2. The lowest BCUT2D eigenvalue weighted by Gasteiger charge is -2.35. The van der Waals surface area contributed by atoms with Crippen molar-refractivity contribution in [3.05, 3.63) is 12.4 Å². The van der Waals surface area contributed by atoms with Gasteiger partial charge in [-0.05, 0) is 18.8 Å². The number of hydrogen-bond acceptors (Lipinski definition) is 5. The molecule has 0 N–H and O–H groups in total. The summed E-state index contributed by atoms with van der Waals surface area (Å²) in [4.78, 5) is 2.72. The Balaban J connectivity index is 1.55. The number of aryl methyl sites for hydroxylation is 1. The maximum absolute atomic E-state index is 12.5. The largest absolute Gasteiger partial charge is 0.379 e. The Hall–Kier alpha value is -0.960. The number of nitrogens with zero attached hydrogens (tertiary/aromatic N) is 4. The predicted octanol–water partition coefficient (Wildman–Crippen LogP) is 0.153. The Morgan fingerprint density at radius 3 is 2.50 bits per heavy atom. The van der Waals surface area contributed by atoms with Crippen LogP contribution in [0.3, 0.4) is 0 Å². The van der Waals surface area contributed by atoms with E-state index in [1.54, 1.807) is 17.5 Å². The van der Waals surface area contributed by atoms with E-state index < -0.39 is 10.0 Å². The van der Waals surface area contributed by atoms with E-state index in [-0.39, 0.29) is 0 Å². The second kappa shape index (κ2) is 6.66. The summed E-state index contributed by atoms with van der Waals surface area (Å²) in [5.74, 6) is 0.582. The van der Waals surface area contributed by atoms with Gasteiger partial charge in [-0.15, -0.1) is 0 Å². The molecule has 124 valence electrons. The Bertz CT molecular complexity index is 587. The van der Waals surface area contributed by atoms with E-state index >= 15 is 0 Å². The van der Waals surface area contributed by atoms with E-state index in [4.69, 9.17) is 4.74 Å². The molecule has 0 radical (unpaired) electrons. The van der Waals surface area contributed by atoms with E-state index in [1.165, 1.54) is 10.9 Å². The van der Waals surface area contributed by atoms with Gasteiger partial charge in [0.1, 0.15) is 4.90 Å². The van der Waals surface area contributed by atoms with Crippen molar-refractivity contribution in [2.75, 3.05) is 45.9 Å². The second-order valence-electron chi connectivity index (χ2n) is 6.11. The molecule has 0 atom stereocenters. The summed E-state index contributed by atoms with van der Waals surface area (Å²) >= 11 is 0. The molecule has 0 saturated carbocycles. The first-order valence-corrected chi connectivity index (χ1v) is 9.28. The molecule has 1 aromatic rings. The van der Waals surface area contributed by atoms with E-state index in [9.17, 15) is 8.42 Å². The van der Waals surface area contributed by atoms with Gasteiger partial charge in [-0.3, -0.25) is 9.58 Å². The van der Waals surface area contributed by atoms with Crippen molar-refractivity contribution in [1.82, 2.24) is 19.0 Å².